The first-order chi connectivity index (χ1) is 16.5. The lowest BCUT2D eigenvalue weighted by atomic mass is 10.0. The van der Waals surface area contributed by atoms with Crippen molar-refractivity contribution in [3.63, 3.8) is 0 Å². The first-order valence-electron chi connectivity index (χ1n) is 10.5. The highest BCUT2D eigenvalue weighted by Gasteiger charge is 2.19. The van der Waals surface area contributed by atoms with Crippen LogP contribution in [0.4, 0.5) is 11.6 Å². The largest absolute Gasteiger partial charge is 0.481 e. The van der Waals surface area contributed by atoms with Crippen LogP contribution in [-0.4, -0.2) is 51.4 Å². The number of ether oxygens (including phenoxy) is 2. The summed E-state index contributed by atoms with van der Waals surface area (Å²) in [6, 6.07) is 7.46. The molecule has 0 aliphatic carbocycles. The summed E-state index contributed by atoms with van der Waals surface area (Å²) >= 11 is 0. The number of carbonyl (C=O) groups excluding carboxylic acids is 1. The molecule has 4 aromatic rings. The van der Waals surface area contributed by atoms with E-state index in [1.165, 1.54) is 20.6 Å². The number of nitrogens with zero attached hydrogens (tertiary/aromatic N) is 5. The number of anilines is 2. The van der Waals surface area contributed by atoms with Gasteiger partial charge in [-0.25, -0.2) is 4.98 Å². The Bertz CT molecular complexity index is 1280. The lowest BCUT2D eigenvalue weighted by molar-refractivity contribution is 0.102. The Balaban J connectivity index is 1.37. The van der Waals surface area contributed by atoms with Crippen molar-refractivity contribution in [2.24, 2.45) is 0 Å². The van der Waals surface area contributed by atoms with Crippen LogP contribution >= 0.6 is 0 Å². The molecule has 0 aliphatic heterocycles. The molecule has 0 fully saturated rings. The van der Waals surface area contributed by atoms with E-state index in [0.29, 0.717) is 42.2 Å². The van der Waals surface area contributed by atoms with Crippen LogP contribution in [0.15, 0.2) is 47.5 Å². The van der Waals surface area contributed by atoms with Gasteiger partial charge in [0.25, 0.3) is 5.91 Å². The van der Waals surface area contributed by atoms with Crippen LogP contribution in [0, 0.1) is 13.8 Å². The lowest BCUT2D eigenvalue weighted by Crippen LogP contribution is -2.14. The number of amides is 1. The molecule has 0 saturated carbocycles. The van der Waals surface area contributed by atoms with Crippen molar-refractivity contribution >= 4 is 17.5 Å². The molecule has 34 heavy (non-hydrogen) atoms. The van der Waals surface area contributed by atoms with Crippen molar-refractivity contribution in [1.29, 1.82) is 0 Å². The SMILES string of the molecule is COc1cc(OC)nc(NCCn2cc(NC(=O)c3ncoc3-c3ccc(C)c(C)c3)cn2)n1. The summed E-state index contributed by atoms with van der Waals surface area (Å²) in [5.74, 6) is 1.21. The minimum atomic E-state index is -0.378. The van der Waals surface area contributed by atoms with Gasteiger partial charge in [0.15, 0.2) is 17.8 Å². The van der Waals surface area contributed by atoms with Gasteiger partial charge in [0.1, 0.15) is 0 Å². The second-order valence-electron chi connectivity index (χ2n) is 7.48. The molecule has 3 heterocycles. The Hall–Kier alpha value is -4.41. The zero-order valence-electron chi connectivity index (χ0n) is 19.3. The Kier molecular flexibility index (Phi) is 6.72. The number of hydrogen-bond acceptors (Lipinski definition) is 9. The summed E-state index contributed by atoms with van der Waals surface area (Å²) in [6.07, 6.45) is 4.56. The monoisotopic (exact) mass is 463 g/mol. The molecule has 4 rings (SSSR count). The molecular formula is C23H25N7O4. The van der Waals surface area contributed by atoms with Crippen molar-refractivity contribution in [1.82, 2.24) is 24.7 Å². The lowest BCUT2D eigenvalue weighted by Gasteiger charge is -2.08. The number of hydrogen-bond donors (Lipinski definition) is 2. The van der Waals surface area contributed by atoms with E-state index in [0.717, 1.165) is 16.7 Å². The Morgan fingerprint density at radius 2 is 1.85 bits per heavy atom. The van der Waals surface area contributed by atoms with Gasteiger partial charge < -0.3 is 24.5 Å². The molecule has 0 atom stereocenters. The summed E-state index contributed by atoms with van der Waals surface area (Å²) in [5, 5.41) is 10.2. The van der Waals surface area contributed by atoms with E-state index in [1.54, 1.807) is 23.1 Å². The standard InChI is InChI=1S/C23H25N7O4/c1-14-5-6-16(9-15(14)2)21-20(25-13-34-21)22(31)27-17-11-26-30(12-17)8-7-24-23-28-18(32-3)10-19(29-23)33-4/h5-6,9-13H,7-8H2,1-4H3,(H,27,31)(H,24,28,29). The molecular weight excluding hydrogens is 438 g/mol. The van der Waals surface area contributed by atoms with Crippen molar-refractivity contribution in [2.75, 3.05) is 31.4 Å². The maximum absolute atomic E-state index is 12.8. The van der Waals surface area contributed by atoms with Crippen LogP contribution in [0.3, 0.4) is 0 Å². The number of aryl methyl sites for hydroxylation is 2. The van der Waals surface area contributed by atoms with Crippen LogP contribution in [0.2, 0.25) is 0 Å². The molecule has 1 amide bonds. The molecule has 0 bridgehead atoms. The van der Waals surface area contributed by atoms with Crippen LogP contribution in [0.5, 0.6) is 11.8 Å². The Labute approximate surface area is 196 Å². The van der Waals surface area contributed by atoms with E-state index in [2.05, 4.69) is 30.7 Å². The van der Waals surface area contributed by atoms with E-state index in [9.17, 15) is 4.79 Å². The summed E-state index contributed by atoms with van der Waals surface area (Å²) < 4.78 is 17.5. The summed E-state index contributed by atoms with van der Waals surface area (Å²) in [5.41, 5.74) is 3.81. The van der Waals surface area contributed by atoms with Crippen molar-refractivity contribution in [3.05, 3.63) is 59.9 Å². The molecule has 0 saturated heterocycles. The third-order valence-corrected chi connectivity index (χ3v) is 5.16. The fourth-order valence-electron chi connectivity index (χ4n) is 3.21. The number of rotatable bonds is 9. The molecule has 0 aliphatic rings. The van der Waals surface area contributed by atoms with Gasteiger partial charge in [-0.15, -0.1) is 0 Å². The zero-order valence-corrected chi connectivity index (χ0v) is 19.3. The number of benzene rings is 1. The van der Waals surface area contributed by atoms with E-state index in [4.69, 9.17) is 13.9 Å². The maximum atomic E-state index is 12.8. The van der Waals surface area contributed by atoms with E-state index in [-0.39, 0.29) is 11.6 Å². The zero-order chi connectivity index (χ0) is 24.1. The molecule has 0 spiro atoms. The number of oxazole rings is 1. The smallest absolute Gasteiger partial charge is 0.278 e. The minimum absolute atomic E-state index is 0.210. The number of carbonyl (C=O) groups is 1. The quantitative estimate of drug-likeness (QED) is 0.384. The van der Waals surface area contributed by atoms with Gasteiger partial charge in [-0.3, -0.25) is 9.48 Å². The average Bonchev–Trinajstić information content (AvgIpc) is 3.50. The van der Waals surface area contributed by atoms with Gasteiger partial charge in [-0.2, -0.15) is 15.1 Å². The molecule has 2 N–H and O–H groups in total. The summed E-state index contributed by atoms with van der Waals surface area (Å²) in [6.45, 7) is 5.04. The van der Waals surface area contributed by atoms with E-state index >= 15 is 0 Å². The first-order valence-corrected chi connectivity index (χ1v) is 10.5. The van der Waals surface area contributed by atoms with Crippen LogP contribution in [-0.2, 0) is 6.54 Å². The third kappa shape index (κ3) is 5.14. The summed E-state index contributed by atoms with van der Waals surface area (Å²) in [4.78, 5) is 25.4. The second-order valence-corrected chi connectivity index (χ2v) is 7.48. The van der Waals surface area contributed by atoms with Gasteiger partial charge in [-0.1, -0.05) is 12.1 Å². The normalized spacial score (nSPS) is 10.7. The van der Waals surface area contributed by atoms with Crippen molar-refractivity contribution in [3.8, 4) is 23.1 Å². The molecule has 3 aromatic heterocycles. The molecule has 0 radical (unpaired) electrons. The summed E-state index contributed by atoms with van der Waals surface area (Å²) in [7, 11) is 3.05. The molecule has 11 heteroatoms. The van der Waals surface area contributed by atoms with Gasteiger partial charge in [-0.05, 0) is 31.0 Å². The predicted octanol–water partition coefficient (Wildman–Crippen LogP) is 3.33. The van der Waals surface area contributed by atoms with Gasteiger partial charge in [0.05, 0.1) is 38.7 Å². The van der Waals surface area contributed by atoms with Crippen molar-refractivity contribution < 1.29 is 18.7 Å². The minimum Gasteiger partial charge on any atom is -0.481 e. The maximum Gasteiger partial charge on any atom is 0.278 e. The highest BCUT2D eigenvalue weighted by molar-refractivity contribution is 6.06. The third-order valence-electron chi connectivity index (χ3n) is 5.16. The molecule has 0 unspecified atom stereocenters. The van der Waals surface area contributed by atoms with Crippen LogP contribution in [0.25, 0.3) is 11.3 Å². The highest BCUT2D eigenvalue weighted by Crippen LogP contribution is 2.26. The molecule has 176 valence electrons. The van der Waals surface area contributed by atoms with Gasteiger partial charge in [0.2, 0.25) is 17.7 Å². The topological polar surface area (TPSA) is 129 Å². The first kappa shape index (κ1) is 22.8. The highest BCUT2D eigenvalue weighted by atomic mass is 16.5. The predicted molar refractivity (Wildman–Crippen MR) is 125 cm³/mol. The second kappa shape index (κ2) is 10.0. The average molecular weight is 463 g/mol. The Morgan fingerprint density at radius 3 is 2.56 bits per heavy atom. The van der Waals surface area contributed by atoms with E-state index in [1.807, 2.05) is 32.0 Å². The number of aromatic nitrogens is 5. The molecule has 1 aromatic carbocycles. The number of nitrogens with one attached hydrogen (secondary N) is 2. The Morgan fingerprint density at radius 1 is 1.09 bits per heavy atom. The van der Waals surface area contributed by atoms with Crippen molar-refractivity contribution in [2.45, 2.75) is 20.4 Å². The van der Waals surface area contributed by atoms with Gasteiger partial charge >= 0.3 is 0 Å². The van der Waals surface area contributed by atoms with Crippen LogP contribution in [0.1, 0.15) is 21.6 Å². The molecule has 11 nitrogen and oxygen atoms in total. The van der Waals surface area contributed by atoms with E-state index < -0.39 is 0 Å². The number of methoxy groups -OCH3 is 2. The van der Waals surface area contributed by atoms with Crippen LogP contribution < -0.4 is 20.1 Å². The fourth-order valence-corrected chi connectivity index (χ4v) is 3.21. The fraction of sp³-hybridized carbons (Fsp3) is 0.261. The van der Waals surface area contributed by atoms with Gasteiger partial charge in [0, 0.05) is 18.3 Å².